The fourth-order valence-electron chi connectivity index (χ4n) is 2.86. The van der Waals surface area contributed by atoms with Crippen LogP contribution in [0.4, 0.5) is 0 Å². The third kappa shape index (κ3) is 5.85. The zero-order valence-electron chi connectivity index (χ0n) is 12.0. The quantitative estimate of drug-likeness (QED) is 0.710. The van der Waals surface area contributed by atoms with Crippen molar-refractivity contribution in [1.29, 1.82) is 0 Å². The molecule has 1 aliphatic carbocycles. The van der Waals surface area contributed by atoms with Gasteiger partial charge in [-0.05, 0) is 38.1 Å². The Kier molecular flexibility index (Phi) is 8.06. The van der Waals surface area contributed by atoms with Gasteiger partial charge in [0.25, 0.3) is 0 Å². The van der Waals surface area contributed by atoms with Crippen LogP contribution in [0.25, 0.3) is 0 Å². The number of amides is 1. The highest BCUT2D eigenvalue weighted by Crippen LogP contribution is 2.26. The van der Waals surface area contributed by atoms with E-state index in [1.54, 1.807) is 0 Å². The normalized spacial score (nSPS) is 17.4. The van der Waals surface area contributed by atoms with Crippen LogP contribution in [-0.4, -0.2) is 30.4 Å². The van der Waals surface area contributed by atoms with Crippen molar-refractivity contribution in [3.63, 3.8) is 0 Å². The van der Waals surface area contributed by atoms with Crippen LogP contribution in [0.3, 0.4) is 0 Å². The van der Waals surface area contributed by atoms with Crippen LogP contribution in [0.15, 0.2) is 0 Å². The molecule has 0 atom stereocenters. The summed E-state index contributed by atoms with van der Waals surface area (Å²) in [5.41, 5.74) is 5.54. The molecule has 0 unspecified atom stereocenters. The average molecular weight is 254 g/mol. The second kappa shape index (κ2) is 9.37. The number of carbonyl (C=O) groups excluding carboxylic acids is 1. The lowest BCUT2D eigenvalue weighted by molar-refractivity contribution is -0.132. The summed E-state index contributed by atoms with van der Waals surface area (Å²) in [6.07, 6.45) is 10.6. The second-order valence-corrected chi connectivity index (χ2v) is 5.58. The number of nitrogens with zero attached hydrogens (tertiary/aromatic N) is 1. The SMILES string of the molecule is CCCN(CCCN)C(=O)CC1CCCCCC1. The van der Waals surface area contributed by atoms with Gasteiger partial charge in [0.1, 0.15) is 0 Å². The van der Waals surface area contributed by atoms with Gasteiger partial charge in [-0.2, -0.15) is 0 Å². The highest BCUT2D eigenvalue weighted by Gasteiger charge is 2.19. The molecule has 1 rings (SSSR count). The van der Waals surface area contributed by atoms with E-state index >= 15 is 0 Å². The minimum Gasteiger partial charge on any atom is -0.343 e. The summed E-state index contributed by atoms with van der Waals surface area (Å²) in [6, 6.07) is 0. The molecule has 3 heteroatoms. The number of nitrogens with two attached hydrogens (primary N) is 1. The van der Waals surface area contributed by atoms with Crippen molar-refractivity contribution in [2.45, 2.75) is 64.7 Å². The molecule has 0 heterocycles. The van der Waals surface area contributed by atoms with Gasteiger partial charge in [0, 0.05) is 19.5 Å². The minimum absolute atomic E-state index is 0.359. The summed E-state index contributed by atoms with van der Waals surface area (Å²) in [5.74, 6) is 0.995. The van der Waals surface area contributed by atoms with Crippen LogP contribution in [-0.2, 0) is 4.79 Å². The largest absolute Gasteiger partial charge is 0.343 e. The smallest absolute Gasteiger partial charge is 0.222 e. The van der Waals surface area contributed by atoms with E-state index in [4.69, 9.17) is 5.73 Å². The van der Waals surface area contributed by atoms with Gasteiger partial charge < -0.3 is 10.6 Å². The Balaban J connectivity index is 2.38. The lowest BCUT2D eigenvalue weighted by Gasteiger charge is -2.24. The van der Waals surface area contributed by atoms with Crippen molar-refractivity contribution >= 4 is 5.91 Å². The predicted octanol–water partition coefficient (Wildman–Crippen LogP) is 2.93. The molecule has 1 amide bonds. The van der Waals surface area contributed by atoms with E-state index in [0.717, 1.165) is 32.4 Å². The van der Waals surface area contributed by atoms with Crippen LogP contribution in [0.1, 0.15) is 64.7 Å². The molecule has 0 aliphatic heterocycles. The summed E-state index contributed by atoms with van der Waals surface area (Å²) < 4.78 is 0. The summed E-state index contributed by atoms with van der Waals surface area (Å²) in [7, 11) is 0. The van der Waals surface area contributed by atoms with Gasteiger partial charge in [0.15, 0.2) is 0 Å². The van der Waals surface area contributed by atoms with Crippen LogP contribution in [0.5, 0.6) is 0 Å². The van der Waals surface area contributed by atoms with Crippen molar-refractivity contribution in [3.05, 3.63) is 0 Å². The van der Waals surface area contributed by atoms with Crippen LogP contribution < -0.4 is 5.73 Å². The molecule has 106 valence electrons. The fourth-order valence-corrected chi connectivity index (χ4v) is 2.86. The summed E-state index contributed by atoms with van der Waals surface area (Å²) in [4.78, 5) is 14.3. The van der Waals surface area contributed by atoms with Gasteiger partial charge in [0.2, 0.25) is 5.91 Å². The molecule has 0 aromatic heterocycles. The Morgan fingerprint density at radius 3 is 2.39 bits per heavy atom. The summed E-state index contributed by atoms with van der Waals surface area (Å²) in [5, 5.41) is 0. The molecule has 18 heavy (non-hydrogen) atoms. The zero-order chi connectivity index (χ0) is 13.2. The van der Waals surface area contributed by atoms with E-state index in [1.165, 1.54) is 38.5 Å². The number of rotatable bonds is 7. The maximum absolute atomic E-state index is 12.3. The van der Waals surface area contributed by atoms with Gasteiger partial charge in [-0.1, -0.05) is 32.6 Å². The fraction of sp³-hybridized carbons (Fsp3) is 0.933. The molecular weight excluding hydrogens is 224 g/mol. The molecule has 0 bridgehead atoms. The topological polar surface area (TPSA) is 46.3 Å². The minimum atomic E-state index is 0.359. The lowest BCUT2D eigenvalue weighted by atomic mass is 9.96. The molecule has 3 nitrogen and oxygen atoms in total. The van der Waals surface area contributed by atoms with Crippen molar-refractivity contribution in [2.24, 2.45) is 11.7 Å². The molecule has 1 saturated carbocycles. The molecule has 0 spiro atoms. The monoisotopic (exact) mass is 254 g/mol. The second-order valence-electron chi connectivity index (χ2n) is 5.58. The molecule has 0 aromatic carbocycles. The Morgan fingerprint density at radius 1 is 1.17 bits per heavy atom. The summed E-state index contributed by atoms with van der Waals surface area (Å²) in [6.45, 7) is 4.55. The summed E-state index contributed by atoms with van der Waals surface area (Å²) >= 11 is 0. The Hall–Kier alpha value is -0.570. The van der Waals surface area contributed by atoms with E-state index in [2.05, 4.69) is 6.92 Å². The average Bonchev–Trinajstić information content (AvgIpc) is 2.63. The lowest BCUT2D eigenvalue weighted by Crippen LogP contribution is -2.34. The maximum atomic E-state index is 12.3. The molecule has 1 aliphatic rings. The third-order valence-corrected chi connectivity index (χ3v) is 3.92. The molecular formula is C15H30N2O. The zero-order valence-corrected chi connectivity index (χ0v) is 12.0. The van der Waals surface area contributed by atoms with E-state index in [1.807, 2.05) is 4.90 Å². The van der Waals surface area contributed by atoms with Crippen molar-refractivity contribution < 1.29 is 4.79 Å². The molecule has 0 aromatic rings. The van der Waals surface area contributed by atoms with E-state index in [9.17, 15) is 4.79 Å². The van der Waals surface area contributed by atoms with Crippen LogP contribution >= 0.6 is 0 Å². The van der Waals surface area contributed by atoms with Gasteiger partial charge in [0.05, 0.1) is 0 Å². The van der Waals surface area contributed by atoms with Crippen LogP contribution in [0.2, 0.25) is 0 Å². The number of hydrogen-bond acceptors (Lipinski definition) is 2. The first kappa shape index (κ1) is 15.5. The van der Waals surface area contributed by atoms with Crippen molar-refractivity contribution in [2.75, 3.05) is 19.6 Å². The standard InChI is InChI=1S/C15H30N2O/c1-2-11-17(12-7-10-16)15(18)13-14-8-5-3-4-6-9-14/h14H,2-13,16H2,1H3. The van der Waals surface area contributed by atoms with Gasteiger partial charge in [-0.25, -0.2) is 0 Å². The molecule has 1 fully saturated rings. The number of carbonyl (C=O) groups is 1. The predicted molar refractivity (Wildman–Crippen MR) is 76.4 cm³/mol. The van der Waals surface area contributed by atoms with Crippen LogP contribution in [0, 0.1) is 5.92 Å². The first-order valence-corrected chi connectivity index (χ1v) is 7.75. The highest BCUT2D eigenvalue weighted by molar-refractivity contribution is 5.76. The third-order valence-electron chi connectivity index (χ3n) is 3.92. The Morgan fingerprint density at radius 2 is 1.83 bits per heavy atom. The Bertz CT molecular complexity index is 223. The van der Waals surface area contributed by atoms with Gasteiger partial charge >= 0.3 is 0 Å². The van der Waals surface area contributed by atoms with E-state index < -0.39 is 0 Å². The Labute approximate surface area is 112 Å². The van der Waals surface area contributed by atoms with E-state index in [-0.39, 0.29) is 0 Å². The molecule has 0 saturated heterocycles. The van der Waals surface area contributed by atoms with E-state index in [0.29, 0.717) is 18.4 Å². The maximum Gasteiger partial charge on any atom is 0.222 e. The van der Waals surface area contributed by atoms with Gasteiger partial charge in [-0.15, -0.1) is 0 Å². The van der Waals surface area contributed by atoms with Crippen molar-refractivity contribution in [1.82, 2.24) is 4.90 Å². The van der Waals surface area contributed by atoms with Crippen molar-refractivity contribution in [3.8, 4) is 0 Å². The number of hydrogen-bond donors (Lipinski definition) is 1. The first-order chi connectivity index (χ1) is 8.77. The molecule has 2 N–H and O–H groups in total. The first-order valence-electron chi connectivity index (χ1n) is 7.75. The van der Waals surface area contributed by atoms with Gasteiger partial charge in [-0.3, -0.25) is 4.79 Å². The molecule has 0 radical (unpaired) electrons. The highest BCUT2D eigenvalue weighted by atomic mass is 16.2.